The number of hydrogen-bond acceptors (Lipinski definition) is 3. The number of carbonyl (C=O) groups is 1. The van der Waals surface area contributed by atoms with Gasteiger partial charge in [-0.3, -0.25) is 4.79 Å². The fourth-order valence-corrected chi connectivity index (χ4v) is 3.23. The number of nitrogens with one attached hydrogen (secondary N) is 1. The van der Waals surface area contributed by atoms with Crippen molar-refractivity contribution in [2.24, 2.45) is 5.73 Å². The molecule has 1 aromatic carbocycles. The molecule has 1 aliphatic rings. The predicted molar refractivity (Wildman–Crippen MR) is 91.4 cm³/mol. The van der Waals surface area contributed by atoms with Gasteiger partial charge in [0.1, 0.15) is 0 Å². The Bertz CT molecular complexity index is 814. The van der Waals surface area contributed by atoms with E-state index >= 15 is 0 Å². The molecule has 0 unspecified atom stereocenters. The second kappa shape index (κ2) is 6.55. The molecule has 0 saturated carbocycles. The molecular formula is C18H22F2N4O. The third-order valence-corrected chi connectivity index (χ3v) is 4.53. The summed E-state index contributed by atoms with van der Waals surface area (Å²) in [5.41, 5.74) is 10.2. The standard InChI is InChI=1S/C18H22F2N4O/c1-11-6-7-14(12(2)8-11)24-15-5-3-4-13(15)16(23-24)17(25)22-10-18(19,20)9-21/h6-8H,3-5,9-10,21H2,1-2H3,(H,22,25). The van der Waals surface area contributed by atoms with Crippen LogP contribution < -0.4 is 11.1 Å². The van der Waals surface area contributed by atoms with Crippen molar-refractivity contribution >= 4 is 5.91 Å². The molecule has 0 bridgehead atoms. The molecule has 25 heavy (non-hydrogen) atoms. The highest BCUT2D eigenvalue weighted by Crippen LogP contribution is 2.29. The number of halogens is 2. The number of amides is 1. The first kappa shape index (κ1) is 17.5. The van der Waals surface area contributed by atoms with Crippen LogP contribution in [0.25, 0.3) is 5.69 Å². The Hall–Kier alpha value is -2.28. The van der Waals surface area contributed by atoms with Gasteiger partial charge in [0.05, 0.1) is 18.8 Å². The Balaban J connectivity index is 1.93. The van der Waals surface area contributed by atoms with Gasteiger partial charge in [0.2, 0.25) is 0 Å². The zero-order valence-electron chi connectivity index (χ0n) is 14.4. The van der Waals surface area contributed by atoms with Crippen LogP contribution >= 0.6 is 0 Å². The number of alkyl halides is 2. The zero-order chi connectivity index (χ0) is 18.2. The number of aryl methyl sites for hydroxylation is 2. The van der Waals surface area contributed by atoms with E-state index in [1.165, 1.54) is 0 Å². The number of rotatable bonds is 5. The second-order valence-electron chi connectivity index (χ2n) is 6.57. The fraction of sp³-hybridized carbons (Fsp3) is 0.444. The highest BCUT2D eigenvalue weighted by Gasteiger charge is 2.31. The number of benzene rings is 1. The predicted octanol–water partition coefficient (Wildman–Crippen LogP) is 2.30. The first-order chi connectivity index (χ1) is 11.8. The lowest BCUT2D eigenvalue weighted by Gasteiger charge is -2.14. The largest absolute Gasteiger partial charge is 0.345 e. The van der Waals surface area contributed by atoms with Crippen molar-refractivity contribution in [2.45, 2.75) is 39.0 Å². The van der Waals surface area contributed by atoms with Gasteiger partial charge in [-0.05, 0) is 44.7 Å². The van der Waals surface area contributed by atoms with Gasteiger partial charge in [0.25, 0.3) is 11.8 Å². The van der Waals surface area contributed by atoms with E-state index in [2.05, 4.69) is 16.5 Å². The number of nitrogens with two attached hydrogens (primary N) is 1. The van der Waals surface area contributed by atoms with Gasteiger partial charge < -0.3 is 11.1 Å². The molecule has 7 heteroatoms. The van der Waals surface area contributed by atoms with Crippen molar-refractivity contribution in [2.75, 3.05) is 13.1 Å². The van der Waals surface area contributed by atoms with E-state index in [1.807, 2.05) is 26.0 Å². The summed E-state index contributed by atoms with van der Waals surface area (Å²) in [6, 6.07) is 6.02. The van der Waals surface area contributed by atoms with Crippen LogP contribution in [0.5, 0.6) is 0 Å². The van der Waals surface area contributed by atoms with Crippen LogP contribution in [0.4, 0.5) is 8.78 Å². The minimum atomic E-state index is -3.12. The van der Waals surface area contributed by atoms with E-state index in [-0.39, 0.29) is 5.69 Å². The molecule has 0 radical (unpaired) electrons. The SMILES string of the molecule is Cc1ccc(-n2nc(C(=O)NCC(F)(F)CN)c3c2CCC3)c(C)c1. The molecule has 1 heterocycles. The molecule has 0 fully saturated rings. The Morgan fingerprint density at radius 1 is 1.36 bits per heavy atom. The average Bonchev–Trinajstić information content (AvgIpc) is 3.16. The quantitative estimate of drug-likeness (QED) is 0.871. The second-order valence-corrected chi connectivity index (χ2v) is 6.57. The van der Waals surface area contributed by atoms with Crippen LogP contribution in [-0.2, 0) is 12.8 Å². The van der Waals surface area contributed by atoms with Crippen molar-refractivity contribution < 1.29 is 13.6 Å². The molecule has 3 rings (SSSR count). The summed E-state index contributed by atoms with van der Waals surface area (Å²) in [6.07, 6.45) is 2.48. The maximum Gasteiger partial charge on any atom is 0.277 e. The number of aromatic nitrogens is 2. The number of carbonyl (C=O) groups excluding carboxylic acids is 1. The van der Waals surface area contributed by atoms with Crippen molar-refractivity contribution in [3.8, 4) is 5.69 Å². The number of nitrogens with zero attached hydrogens (tertiary/aromatic N) is 2. The monoisotopic (exact) mass is 348 g/mol. The molecule has 0 aliphatic heterocycles. The lowest BCUT2D eigenvalue weighted by molar-refractivity contribution is 0.0118. The Morgan fingerprint density at radius 2 is 2.12 bits per heavy atom. The van der Waals surface area contributed by atoms with Gasteiger partial charge in [0.15, 0.2) is 5.69 Å². The molecule has 1 amide bonds. The first-order valence-corrected chi connectivity index (χ1v) is 8.37. The summed E-state index contributed by atoms with van der Waals surface area (Å²) >= 11 is 0. The summed E-state index contributed by atoms with van der Waals surface area (Å²) < 4.78 is 28.4. The molecular weight excluding hydrogens is 326 g/mol. The van der Waals surface area contributed by atoms with Crippen molar-refractivity contribution in [1.29, 1.82) is 0 Å². The van der Waals surface area contributed by atoms with Gasteiger partial charge in [-0.2, -0.15) is 5.10 Å². The molecule has 1 aromatic heterocycles. The molecule has 0 atom stereocenters. The molecule has 0 spiro atoms. The minimum Gasteiger partial charge on any atom is -0.345 e. The van der Waals surface area contributed by atoms with Crippen LogP contribution in [-0.4, -0.2) is 34.7 Å². The van der Waals surface area contributed by atoms with E-state index in [0.717, 1.165) is 47.3 Å². The number of fused-ring (bicyclic) bond motifs is 1. The van der Waals surface area contributed by atoms with Crippen LogP contribution in [0.15, 0.2) is 18.2 Å². The Kier molecular flexibility index (Phi) is 4.60. The molecule has 0 saturated heterocycles. The van der Waals surface area contributed by atoms with E-state index in [1.54, 1.807) is 4.68 Å². The van der Waals surface area contributed by atoms with Gasteiger partial charge in [-0.25, -0.2) is 13.5 Å². The molecule has 3 N–H and O–H groups in total. The summed E-state index contributed by atoms with van der Waals surface area (Å²) in [5, 5.41) is 6.71. The van der Waals surface area contributed by atoms with E-state index in [0.29, 0.717) is 0 Å². The van der Waals surface area contributed by atoms with E-state index < -0.39 is 24.9 Å². The average molecular weight is 348 g/mol. The Labute approximate surface area is 145 Å². The highest BCUT2D eigenvalue weighted by atomic mass is 19.3. The maximum absolute atomic E-state index is 13.3. The summed E-state index contributed by atoms with van der Waals surface area (Å²) in [4.78, 5) is 12.4. The minimum absolute atomic E-state index is 0.236. The van der Waals surface area contributed by atoms with Crippen molar-refractivity contribution in [1.82, 2.24) is 15.1 Å². The summed E-state index contributed by atoms with van der Waals surface area (Å²) in [5.74, 6) is -3.69. The maximum atomic E-state index is 13.3. The van der Waals surface area contributed by atoms with Gasteiger partial charge in [0, 0.05) is 11.3 Å². The third-order valence-electron chi connectivity index (χ3n) is 4.53. The topological polar surface area (TPSA) is 72.9 Å². The molecule has 5 nitrogen and oxygen atoms in total. The van der Waals surface area contributed by atoms with Gasteiger partial charge in [-0.1, -0.05) is 17.7 Å². The zero-order valence-corrected chi connectivity index (χ0v) is 14.4. The van der Waals surface area contributed by atoms with Gasteiger partial charge >= 0.3 is 0 Å². The first-order valence-electron chi connectivity index (χ1n) is 8.37. The molecule has 1 aliphatic carbocycles. The van der Waals surface area contributed by atoms with Crippen molar-refractivity contribution in [3.05, 3.63) is 46.3 Å². The van der Waals surface area contributed by atoms with Crippen LogP contribution in [0.2, 0.25) is 0 Å². The van der Waals surface area contributed by atoms with Crippen LogP contribution in [0.1, 0.15) is 39.3 Å². The van der Waals surface area contributed by atoms with Gasteiger partial charge in [-0.15, -0.1) is 0 Å². The van der Waals surface area contributed by atoms with E-state index in [9.17, 15) is 13.6 Å². The lowest BCUT2D eigenvalue weighted by Crippen LogP contribution is -2.41. The third kappa shape index (κ3) is 3.42. The van der Waals surface area contributed by atoms with Crippen LogP contribution in [0, 0.1) is 13.8 Å². The van der Waals surface area contributed by atoms with Crippen molar-refractivity contribution in [3.63, 3.8) is 0 Å². The van der Waals surface area contributed by atoms with E-state index in [4.69, 9.17) is 5.73 Å². The lowest BCUT2D eigenvalue weighted by atomic mass is 10.1. The molecule has 134 valence electrons. The van der Waals surface area contributed by atoms with Crippen LogP contribution in [0.3, 0.4) is 0 Å². The Morgan fingerprint density at radius 3 is 2.80 bits per heavy atom. The fourth-order valence-electron chi connectivity index (χ4n) is 3.23. The molecule has 2 aromatic rings. The summed E-state index contributed by atoms with van der Waals surface area (Å²) in [6.45, 7) is 2.42. The summed E-state index contributed by atoms with van der Waals surface area (Å²) in [7, 11) is 0. The highest BCUT2D eigenvalue weighted by molar-refractivity contribution is 5.94. The smallest absolute Gasteiger partial charge is 0.277 e. The normalized spacial score (nSPS) is 13.8. The number of hydrogen-bond donors (Lipinski definition) is 2.